The molecule has 5 nitrogen and oxygen atoms in total. The van der Waals surface area contributed by atoms with Crippen LogP contribution in [-0.2, 0) is 0 Å². The van der Waals surface area contributed by atoms with Gasteiger partial charge in [-0.2, -0.15) is 0 Å². The zero-order chi connectivity index (χ0) is 16.8. The first-order valence-corrected chi connectivity index (χ1v) is 8.50. The van der Waals surface area contributed by atoms with Crippen LogP contribution in [0.15, 0.2) is 42.6 Å². The number of anilines is 1. The Morgan fingerprint density at radius 3 is 2.54 bits per heavy atom. The molecule has 0 bridgehead atoms. The zero-order valence-electron chi connectivity index (χ0n) is 13.6. The van der Waals surface area contributed by atoms with Crippen molar-refractivity contribution in [2.24, 2.45) is 0 Å². The molecule has 1 aliphatic carbocycles. The zero-order valence-corrected chi connectivity index (χ0v) is 14.4. The Balaban J connectivity index is 1.57. The van der Waals surface area contributed by atoms with E-state index >= 15 is 0 Å². The molecule has 0 aliphatic heterocycles. The van der Waals surface area contributed by atoms with Gasteiger partial charge in [0.1, 0.15) is 0 Å². The smallest absolute Gasteiger partial charge is 0.219 e. The Labute approximate surface area is 147 Å². The van der Waals surface area contributed by atoms with Gasteiger partial charge in [-0.1, -0.05) is 25.0 Å². The molecule has 0 saturated heterocycles. The van der Waals surface area contributed by atoms with Crippen molar-refractivity contribution >= 4 is 23.0 Å². The number of methoxy groups -OCH3 is 1. The lowest BCUT2D eigenvalue weighted by Crippen LogP contribution is -2.35. The average Bonchev–Trinajstić information content (AvgIpc) is 3.10. The van der Waals surface area contributed by atoms with E-state index in [0.29, 0.717) is 28.5 Å². The number of rotatable bonds is 5. The molecule has 2 aromatic rings. The Hall–Kier alpha value is -2.34. The van der Waals surface area contributed by atoms with E-state index in [4.69, 9.17) is 21.7 Å². The number of hydrogen-bond acceptors (Lipinski definition) is 4. The quantitative estimate of drug-likeness (QED) is 0.797. The summed E-state index contributed by atoms with van der Waals surface area (Å²) in [6, 6.07) is 11.6. The standard InChI is InChI=1S/C18H21N3O2S/c1-22-15-8-4-5-9-16(15)23-17-11-10-14(12-19-17)21-18(24)20-13-6-2-3-7-13/h4-5,8-13H,2-3,6-7H2,1H3,(H2,20,21,24). The van der Waals surface area contributed by atoms with Crippen molar-refractivity contribution in [1.82, 2.24) is 10.3 Å². The first-order valence-electron chi connectivity index (χ1n) is 8.09. The van der Waals surface area contributed by atoms with Crippen LogP contribution >= 0.6 is 12.2 Å². The number of para-hydroxylation sites is 2. The van der Waals surface area contributed by atoms with Gasteiger partial charge in [-0.15, -0.1) is 0 Å². The van der Waals surface area contributed by atoms with Crippen LogP contribution in [0.4, 0.5) is 5.69 Å². The van der Waals surface area contributed by atoms with Crippen LogP contribution in [0, 0.1) is 0 Å². The summed E-state index contributed by atoms with van der Waals surface area (Å²) >= 11 is 5.35. The van der Waals surface area contributed by atoms with Gasteiger partial charge in [0.2, 0.25) is 5.88 Å². The molecule has 1 aromatic heterocycles. The molecule has 2 N–H and O–H groups in total. The lowest BCUT2D eigenvalue weighted by atomic mass is 10.2. The molecule has 1 fully saturated rings. The third kappa shape index (κ3) is 4.35. The van der Waals surface area contributed by atoms with E-state index in [2.05, 4.69) is 15.6 Å². The second-order valence-corrected chi connectivity index (χ2v) is 6.13. The van der Waals surface area contributed by atoms with Crippen LogP contribution in [0.3, 0.4) is 0 Å². The summed E-state index contributed by atoms with van der Waals surface area (Å²) in [4.78, 5) is 4.31. The van der Waals surface area contributed by atoms with Crippen LogP contribution in [0.25, 0.3) is 0 Å². The molecule has 1 saturated carbocycles. The Bertz CT molecular complexity index is 685. The van der Waals surface area contributed by atoms with Crippen LogP contribution in [0.5, 0.6) is 17.4 Å². The molecule has 1 aromatic carbocycles. The molecule has 1 heterocycles. The van der Waals surface area contributed by atoms with E-state index < -0.39 is 0 Å². The molecule has 6 heteroatoms. The van der Waals surface area contributed by atoms with Gasteiger partial charge in [0.15, 0.2) is 16.6 Å². The molecule has 0 unspecified atom stereocenters. The van der Waals surface area contributed by atoms with Gasteiger partial charge in [0, 0.05) is 12.1 Å². The fourth-order valence-electron chi connectivity index (χ4n) is 2.75. The molecule has 0 amide bonds. The van der Waals surface area contributed by atoms with E-state index in [1.165, 1.54) is 25.7 Å². The minimum atomic E-state index is 0.492. The topological polar surface area (TPSA) is 55.4 Å². The summed E-state index contributed by atoms with van der Waals surface area (Å²) in [5.41, 5.74) is 0.831. The maximum Gasteiger partial charge on any atom is 0.219 e. The highest BCUT2D eigenvalue weighted by Crippen LogP contribution is 2.30. The molecular formula is C18H21N3O2S. The van der Waals surface area contributed by atoms with Gasteiger partial charge in [-0.3, -0.25) is 0 Å². The van der Waals surface area contributed by atoms with E-state index in [-0.39, 0.29) is 0 Å². The normalized spacial score (nSPS) is 14.2. The molecule has 3 rings (SSSR count). The van der Waals surface area contributed by atoms with Crippen LogP contribution in [0.2, 0.25) is 0 Å². The van der Waals surface area contributed by atoms with Crippen molar-refractivity contribution in [3.63, 3.8) is 0 Å². The van der Waals surface area contributed by atoms with Gasteiger partial charge < -0.3 is 20.1 Å². The molecule has 0 radical (unpaired) electrons. The predicted octanol–water partition coefficient (Wildman–Crippen LogP) is 4.11. The van der Waals surface area contributed by atoms with E-state index in [9.17, 15) is 0 Å². The number of hydrogen-bond donors (Lipinski definition) is 2. The molecular weight excluding hydrogens is 322 g/mol. The van der Waals surface area contributed by atoms with Gasteiger partial charge >= 0.3 is 0 Å². The highest BCUT2D eigenvalue weighted by molar-refractivity contribution is 7.80. The van der Waals surface area contributed by atoms with E-state index in [1.54, 1.807) is 19.4 Å². The Morgan fingerprint density at radius 1 is 1.12 bits per heavy atom. The number of aromatic nitrogens is 1. The number of pyridine rings is 1. The number of thiocarbonyl (C=S) groups is 1. The van der Waals surface area contributed by atoms with Gasteiger partial charge in [0.05, 0.1) is 19.0 Å². The molecule has 24 heavy (non-hydrogen) atoms. The second kappa shape index (κ2) is 7.97. The Morgan fingerprint density at radius 2 is 1.88 bits per heavy atom. The molecule has 0 atom stereocenters. The van der Waals surface area contributed by atoms with Crippen molar-refractivity contribution in [2.45, 2.75) is 31.7 Å². The first-order chi connectivity index (χ1) is 11.7. The average molecular weight is 343 g/mol. The maximum absolute atomic E-state index is 5.76. The third-order valence-electron chi connectivity index (χ3n) is 3.97. The number of benzene rings is 1. The first kappa shape index (κ1) is 16.5. The minimum Gasteiger partial charge on any atom is -0.493 e. The van der Waals surface area contributed by atoms with Crippen molar-refractivity contribution in [2.75, 3.05) is 12.4 Å². The van der Waals surface area contributed by atoms with Gasteiger partial charge in [0.25, 0.3) is 0 Å². The van der Waals surface area contributed by atoms with Crippen molar-refractivity contribution in [3.8, 4) is 17.4 Å². The number of nitrogens with zero attached hydrogens (tertiary/aromatic N) is 1. The second-order valence-electron chi connectivity index (χ2n) is 5.72. The molecule has 0 spiro atoms. The molecule has 126 valence electrons. The van der Waals surface area contributed by atoms with Crippen molar-refractivity contribution in [3.05, 3.63) is 42.6 Å². The summed E-state index contributed by atoms with van der Waals surface area (Å²) in [5, 5.41) is 7.14. The SMILES string of the molecule is COc1ccccc1Oc1ccc(NC(=S)NC2CCCC2)cn1. The van der Waals surface area contributed by atoms with Gasteiger partial charge in [-0.25, -0.2) is 4.98 Å². The number of ether oxygens (including phenoxy) is 2. The van der Waals surface area contributed by atoms with Crippen LogP contribution in [-0.4, -0.2) is 23.2 Å². The third-order valence-corrected chi connectivity index (χ3v) is 4.19. The van der Waals surface area contributed by atoms with Crippen LogP contribution in [0.1, 0.15) is 25.7 Å². The summed E-state index contributed by atoms with van der Waals surface area (Å²) in [6.45, 7) is 0. The monoisotopic (exact) mass is 343 g/mol. The predicted molar refractivity (Wildman–Crippen MR) is 98.9 cm³/mol. The fourth-order valence-corrected chi connectivity index (χ4v) is 3.04. The summed E-state index contributed by atoms with van der Waals surface area (Å²) in [7, 11) is 1.61. The minimum absolute atomic E-state index is 0.492. The largest absolute Gasteiger partial charge is 0.493 e. The fraction of sp³-hybridized carbons (Fsp3) is 0.333. The summed E-state index contributed by atoms with van der Waals surface area (Å²) in [6.07, 6.45) is 6.62. The Kier molecular flexibility index (Phi) is 5.48. The van der Waals surface area contributed by atoms with E-state index in [1.807, 2.05) is 30.3 Å². The maximum atomic E-state index is 5.76. The lowest BCUT2D eigenvalue weighted by Gasteiger charge is -2.15. The van der Waals surface area contributed by atoms with E-state index in [0.717, 1.165) is 5.69 Å². The summed E-state index contributed by atoms with van der Waals surface area (Å²) < 4.78 is 11.0. The molecule has 1 aliphatic rings. The van der Waals surface area contributed by atoms with Crippen molar-refractivity contribution in [1.29, 1.82) is 0 Å². The highest BCUT2D eigenvalue weighted by atomic mass is 32.1. The van der Waals surface area contributed by atoms with Crippen molar-refractivity contribution < 1.29 is 9.47 Å². The number of nitrogens with one attached hydrogen (secondary N) is 2. The van der Waals surface area contributed by atoms with Crippen LogP contribution < -0.4 is 20.1 Å². The van der Waals surface area contributed by atoms with Gasteiger partial charge in [-0.05, 0) is 43.3 Å². The lowest BCUT2D eigenvalue weighted by molar-refractivity contribution is 0.374. The highest BCUT2D eigenvalue weighted by Gasteiger charge is 2.15. The summed E-state index contributed by atoms with van der Waals surface area (Å²) in [5.74, 6) is 1.80.